The lowest BCUT2D eigenvalue weighted by atomic mass is 9.90. The SMILES string of the molecule is CC(C)(O)C(C)(C)O.COC(=O)c1cccc(OB(O)O)c1C(=O)OC. The summed E-state index contributed by atoms with van der Waals surface area (Å²) >= 11 is 0. The molecule has 0 saturated carbocycles. The molecular formula is C16H25BO9. The molecule has 0 heterocycles. The van der Waals surface area contributed by atoms with Crippen LogP contribution in [-0.2, 0) is 9.47 Å². The molecule has 1 aromatic rings. The van der Waals surface area contributed by atoms with E-state index in [4.69, 9.17) is 20.3 Å². The van der Waals surface area contributed by atoms with Gasteiger partial charge in [-0.15, -0.1) is 0 Å². The van der Waals surface area contributed by atoms with Gasteiger partial charge < -0.3 is 34.4 Å². The minimum atomic E-state index is -2.12. The molecule has 0 bridgehead atoms. The van der Waals surface area contributed by atoms with Crippen molar-refractivity contribution in [3.63, 3.8) is 0 Å². The maximum Gasteiger partial charge on any atom is 0.707 e. The first-order valence-electron chi connectivity index (χ1n) is 7.53. The van der Waals surface area contributed by atoms with E-state index in [0.717, 1.165) is 14.2 Å². The van der Waals surface area contributed by atoms with Crippen LogP contribution in [0.4, 0.5) is 0 Å². The van der Waals surface area contributed by atoms with Gasteiger partial charge >= 0.3 is 19.3 Å². The van der Waals surface area contributed by atoms with E-state index in [0.29, 0.717) is 0 Å². The van der Waals surface area contributed by atoms with E-state index < -0.39 is 30.5 Å². The summed E-state index contributed by atoms with van der Waals surface area (Å²) in [5, 5.41) is 35.7. The zero-order valence-electron chi connectivity index (χ0n) is 15.6. The van der Waals surface area contributed by atoms with Gasteiger partial charge in [0, 0.05) is 0 Å². The number of hydrogen-bond donors (Lipinski definition) is 4. The number of aliphatic hydroxyl groups is 2. The van der Waals surface area contributed by atoms with Crippen LogP contribution in [-0.4, -0.2) is 64.9 Å². The summed E-state index contributed by atoms with van der Waals surface area (Å²) in [6.07, 6.45) is 0. The summed E-state index contributed by atoms with van der Waals surface area (Å²) in [6.45, 7) is 6.31. The molecule has 0 aliphatic heterocycles. The van der Waals surface area contributed by atoms with E-state index in [1.807, 2.05) is 0 Å². The summed E-state index contributed by atoms with van der Waals surface area (Å²) in [4.78, 5) is 23.1. The van der Waals surface area contributed by atoms with Crippen LogP contribution in [0.1, 0.15) is 48.4 Å². The van der Waals surface area contributed by atoms with E-state index >= 15 is 0 Å². The number of benzene rings is 1. The molecule has 0 aliphatic rings. The van der Waals surface area contributed by atoms with Crippen LogP contribution in [0.25, 0.3) is 0 Å². The second kappa shape index (κ2) is 9.53. The highest BCUT2D eigenvalue weighted by atomic mass is 16.6. The largest absolute Gasteiger partial charge is 0.707 e. The molecule has 0 radical (unpaired) electrons. The number of ether oxygens (including phenoxy) is 2. The lowest BCUT2D eigenvalue weighted by Crippen LogP contribution is -2.44. The Balaban J connectivity index is 0.000000660. The number of esters is 2. The van der Waals surface area contributed by atoms with E-state index in [-0.39, 0.29) is 16.9 Å². The van der Waals surface area contributed by atoms with Crippen molar-refractivity contribution in [1.82, 2.24) is 0 Å². The fraction of sp³-hybridized carbons (Fsp3) is 0.500. The Morgan fingerprint density at radius 1 is 0.923 bits per heavy atom. The van der Waals surface area contributed by atoms with Gasteiger partial charge in [0.25, 0.3) is 0 Å². The molecule has 10 heteroatoms. The predicted molar refractivity (Wildman–Crippen MR) is 92.5 cm³/mol. The van der Waals surface area contributed by atoms with E-state index in [9.17, 15) is 9.59 Å². The summed E-state index contributed by atoms with van der Waals surface area (Å²) in [7, 11) is 0.147. The normalized spacial score (nSPS) is 11.0. The smallest absolute Gasteiger partial charge is 0.511 e. The molecule has 1 rings (SSSR count). The first-order chi connectivity index (χ1) is 11.8. The Kier molecular flexibility index (Phi) is 8.75. The first kappa shape index (κ1) is 23.9. The standard InChI is InChI=1S/C10H11BO7.C6H14O2/c1-16-9(12)6-4-3-5-7(18-11(14)15)8(6)10(13)17-2;1-5(2,7)6(3,4)8/h3-5,14-15H,1-2H3;7-8H,1-4H3. The van der Waals surface area contributed by atoms with E-state index in [1.54, 1.807) is 27.7 Å². The highest BCUT2D eigenvalue weighted by molar-refractivity contribution is 6.34. The maximum atomic E-state index is 11.6. The van der Waals surface area contributed by atoms with Crippen molar-refractivity contribution in [3.8, 4) is 5.75 Å². The Morgan fingerprint density at radius 3 is 1.73 bits per heavy atom. The van der Waals surface area contributed by atoms with Crippen molar-refractivity contribution in [1.29, 1.82) is 0 Å². The van der Waals surface area contributed by atoms with Gasteiger partial charge in [-0.3, -0.25) is 0 Å². The molecule has 4 N–H and O–H groups in total. The molecule has 9 nitrogen and oxygen atoms in total. The van der Waals surface area contributed by atoms with Crippen molar-refractivity contribution in [2.24, 2.45) is 0 Å². The van der Waals surface area contributed by atoms with Crippen LogP contribution in [0, 0.1) is 0 Å². The predicted octanol–water partition coefficient (Wildman–Crippen LogP) is 0.136. The maximum absolute atomic E-state index is 11.6. The summed E-state index contributed by atoms with van der Waals surface area (Å²) in [5.41, 5.74) is -2.34. The molecule has 0 aliphatic carbocycles. The Bertz CT molecular complexity index is 603. The lowest BCUT2D eigenvalue weighted by molar-refractivity contribution is -0.107. The van der Waals surface area contributed by atoms with Crippen LogP contribution in [0.3, 0.4) is 0 Å². The van der Waals surface area contributed by atoms with Gasteiger partial charge in [0.15, 0.2) is 0 Å². The third kappa shape index (κ3) is 7.00. The second-order valence-electron chi connectivity index (χ2n) is 6.22. The molecule has 1 aromatic carbocycles. The number of methoxy groups -OCH3 is 2. The second-order valence-corrected chi connectivity index (χ2v) is 6.22. The quantitative estimate of drug-likeness (QED) is 0.419. The highest BCUT2D eigenvalue weighted by Gasteiger charge is 2.32. The van der Waals surface area contributed by atoms with Crippen molar-refractivity contribution in [3.05, 3.63) is 29.3 Å². The number of carbonyl (C=O) groups is 2. The summed E-state index contributed by atoms with van der Waals surface area (Å²) in [5.74, 6) is -1.82. The molecule has 26 heavy (non-hydrogen) atoms. The monoisotopic (exact) mass is 372 g/mol. The molecular weight excluding hydrogens is 347 g/mol. The Hall–Kier alpha value is -2.14. The topological polar surface area (TPSA) is 143 Å². The van der Waals surface area contributed by atoms with Crippen molar-refractivity contribution >= 4 is 19.3 Å². The zero-order valence-corrected chi connectivity index (χ0v) is 15.6. The van der Waals surface area contributed by atoms with Gasteiger partial charge in [-0.1, -0.05) is 6.07 Å². The van der Waals surface area contributed by atoms with Gasteiger partial charge in [0.1, 0.15) is 11.3 Å². The van der Waals surface area contributed by atoms with Crippen LogP contribution in [0.5, 0.6) is 5.75 Å². The molecule has 0 spiro atoms. The molecule has 0 amide bonds. The first-order valence-corrected chi connectivity index (χ1v) is 7.53. The van der Waals surface area contributed by atoms with Crippen LogP contribution in [0.2, 0.25) is 0 Å². The average molecular weight is 372 g/mol. The van der Waals surface area contributed by atoms with Crippen molar-refractivity contribution < 1.29 is 44.0 Å². The van der Waals surface area contributed by atoms with Gasteiger partial charge in [-0.05, 0) is 39.8 Å². The molecule has 0 saturated heterocycles. The molecule has 0 unspecified atom stereocenters. The number of rotatable bonds is 5. The molecule has 0 aromatic heterocycles. The lowest BCUT2D eigenvalue weighted by Gasteiger charge is -2.31. The van der Waals surface area contributed by atoms with Gasteiger partial charge in [0.05, 0.1) is 31.0 Å². The molecule has 146 valence electrons. The third-order valence-electron chi connectivity index (χ3n) is 3.55. The fourth-order valence-corrected chi connectivity index (χ4v) is 1.34. The molecule has 0 atom stereocenters. The van der Waals surface area contributed by atoms with Gasteiger partial charge in [0.2, 0.25) is 0 Å². The molecule has 0 fully saturated rings. The van der Waals surface area contributed by atoms with E-state index in [2.05, 4.69) is 14.1 Å². The van der Waals surface area contributed by atoms with Gasteiger partial charge in [-0.2, -0.15) is 0 Å². The average Bonchev–Trinajstić information content (AvgIpc) is 2.51. The fourth-order valence-electron chi connectivity index (χ4n) is 1.34. The van der Waals surface area contributed by atoms with Crippen LogP contribution in [0.15, 0.2) is 18.2 Å². The summed E-state index contributed by atoms with van der Waals surface area (Å²) < 4.78 is 13.6. The van der Waals surface area contributed by atoms with Crippen molar-refractivity contribution in [2.45, 2.75) is 38.9 Å². The summed E-state index contributed by atoms with van der Waals surface area (Å²) in [6, 6.07) is 4.02. The van der Waals surface area contributed by atoms with Gasteiger partial charge in [-0.25, -0.2) is 9.59 Å². The number of carbonyl (C=O) groups excluding carboxylic acids is 2. The van der Waals surface area contributed by atoms with Crippen LogP contribution >= 0.6 is 0 Å². The highest BCUT2D eigenvalue weighted by Crippen LogP contribution is 2.24. The van der Waals surface area contributed by atoms with Crippen LogP contribution < -0.4 is 4.65 Å². The van der Waals surface area contributed by atoms with Crippen molar-refractivity contribution in [2.75, 3.05) is 14.2 Å². The minimum Gasteiger partial charge on any atom is -0.511 e. The van der Waals surface area contributed by atoms with E-state index in [1.165, 1.54) is 18.2 Å². The number of hydrogen-bond acceptors (Lipinski definition) is 9. The third-order valence-corrected chi connectivity index (χ3v) is 3.55. The Labute approximate surface area is 152 Å². The Morgan fingerprint density at radius 2 is 1.38 bits per heavy atom. The zero-order chi connectivity index (χ0) is 20.7. The minimum absolute atomic E-state index is 0.0949.